The van der Waals surface area contributed by atoms with Crippen molar-refractivity contribution in [2.24, 2.45) is 0 Å². The summed E-state index contributed by atoms with van der Waals surface area (Å²) in [6.45, 7) is 2.97. The second-order valence-corrected chi connectivity index (χ2v) is 11.0. The van der Waals surface area contributed by atoms with Crippen LogP contribution in [0.1, 0.15) is 34.0 Å². The van der Waals surface area contributed by atoms with Crippen LogP contribution in [0.2, 0.25) is 0 Å². The molecule has 0 unspecified atom stereocenters. The fourth-order valence-electron chi connectivity index (χ4n) is 4.84. The van der Waals surface area contributed by atoms with Crippen LogP contribution in [0, 0.1) is 13.8 Å². The summed E-state index contributed by atoms with van der Waals surface area (Å²) >= 11 is 6.91. The number of benzene rings is 3. The predicted octanol–water partition coefficient (Wildman–Crippen LogP) is 5.43. The van der Waals surface area contributed by atoms with E-state index in [1.807, 2.05) is 36.4 Å². The Bertz CT molecular complexity index is 1750. The number of aromatic amines is 2. The lowest BCUT2D eigenvalue weighted by Gasteiger charge is -2.19. The smallest absolute Gasteiger partial charge is 0.341 e. The highest BCUT2D eigenvalue weighted by Crippen LogP contribution is 2.37. The van der Waals surface area contributed by atoms with E-state index in [1.165, 1.54) is 9.36 Å². The predicted molar refractivity (Wildman–Crippen MR) is 158 cm³/mol. The number of carbonyl (C=O) groups is 1. The van der Waals surface area contributed by atoms with Gasteiger partial charge in [0.15, 0.2) is 6.61 Å². The third-order valence-corrected chi connectivity index (χ3v) is 7.51. The average molecular weight is 668 g/mol. The molecule has 0 fully saturated rings. The second-order valence-electron chi connectivity index (χ2n) is 9.20. The number of hydrogen-bond acceptors (Lipinski definition) is 4. The van der Waals surface area contributed by atoms with Gasteiger partial charge in [-0.3, -0.25) is 19.8 Å². The van der Waals surface area contributed by atoms with Crippen molar-refractivity contribution in [2.75, 3.05) is 6.61 Å². The van der Waals surface area contributed by atoms with Gasteiger partial charge < -0.3 is 9.84 Å². The minimum Gasteiger partial charge on any atom is -0.482 e. The first kappa shape index (κ1) is 27.5. The minimum absolute atomic E-state index is 0.262. The van der Waals surface area contributed by atoms with Crippen LogP contribution < -0.4 is 15.9 Å². The molecule has 204 valence electrons. The highest BCUT2D eigenvalue weighted by atomic mass is 79.9. The van der Waals surface area contributed by atoms with E-state index in [9.17, 15) is 19.5 Å². The Morgan fingerprint density at radius 2 is 1.32 bits per heavy atom. The first-order valence-electron chi connectivity index (χ1n) is 12.2. The SMILES string of the molecule is Cc1[nH]n(-c2cccc(Br)c2)c(=O)c1C(c1ccccc1OCC(=O)O)c1c(C)[nH]n(-c2cccc(Br)c2)c1=O. The van der Waals surface area contributed by atoms with Gasteiger partial charge in [0, 0.05) is 25.9 Å². The summed E-state index contributed by atoms with van der Waals surface area (Å²) in [7, 11) is 0. The summed E-state index contributed by atoms with van der Waals surface area (Å²) in [5.74, 6) is -1.76. The number of nitrogens with zero attached hydrogens (tertiary/aromatic N) is 2. The van der Waals surface area contributed by atoms with Gasteiger partial charge >= 0.3 is 5.97 Å². The Morgan fingerprint density at radius 3 is 1.80 bits per heavy atom. The van der Waals surface area contributed by atoms with Crippen LogP contribution in [0.15, 0.2) is 91.3 Å². The van der Waals surface area contributed by atoms with Crippen molar-refractivity contribution in [2.45, 2.75) is 19.8 Å². The summed E-state index contributed by atoms with van der Waals surface area (Å²) in [5.41, 5.74) is 2.81. The van der Waals surface area contributed by atoms with Gasteiger partial charge in [-0.2, -0.15) is 0 Å². The molecule has 3 aromatic carbocycles. The number of aryl methyl sites for hydroxylation is 2. The molecule has 3 N–H and O–H groups in total. The summed E-state index contributed by atoms with van der Waals surface area (Å²) in [6, 6.07) is 21.4. The van der Waals surface area contributed by atoms with E-state index in [1.54, 1.807) is 50.2 Å². The monoisotopic (exact) mass is 666 g/mol. The van der Waals surface area contributed by atoms with Gasteiger partial charge in [-0.1, -0.05) is 62.2 Å². The highest BCUT2D eigenvalue weighted by Gasteiger charge is 2.33. The molecule has 40 heavy (non-hydrogen) atoms. The number of rotatable bonds is 8. The van der Waals surface area contributed by atoms with Gasteiger partial charge in [-0.15, -0.1) is 0 Å². The summed E-state index contributed by atoms with van der Waals surface area (Å²) in [6.07, 6.45) is 0. The van der Waals surface area contributed by atoms with Crippen molar-refractivity contribution < 1.29 is 14.6 Å². The van der Waals surface area contributed by atoms with Crippen LogP contribution in [0.4, 0.5) is 0 Å². The highest BCUT2D eigenvalue weighted by molar-refractivity contribution is 9.10. The van der Waals surface area contributed by atoms with E-state index < -0.39 is 18.5 Å². The molecular formula is C29H24Br2N4O5. The summed E-state index contributed by atoms with van der Waals surface area (Å²) < 4.78 is 10.1. The number of nitrogens with one attached hydrogen (secondary N) is 2. The lowest BCUT2D eigenvalue weighted by Crippen LogP contribution is -2.26. The molecule has 0 atom stereocenters. The number of aliphatic carboxylic acids is 1. The molecule has 0 saturated carbocycles. The van der Waals surface area contributed by atoms with Crippen LogP contribution in [0.25, 0.3) is 11.4 Å². The average Bonchev–Trinajstić information content (AvgIpc) is 3.38. The number of carboxylic acid groups (broad SMARTS) is 1. The van der Waals surface area contributed by atoms with Crippen LogP contribution in [-0.2, 0) is 4.79 Å². The van der Waals surface area contributed by atoms with Crippen molar-refractivity contribution in [3.8, 4) is 17.1 Å². The van der Waals surface area contributed by atoms with Gasteiger partial charge in [0.25, 0.3) is 11.1 Å². The lowest BCUT2D eigenvalue weighted by molar-refractivity contribution is -0.139. The Hall–Kier alpha value is -4.09. The number of hydrogen-bond donors (Lipinski definition) is 3. The molecule has 0 saturated heterocycles. The lowest BCUT2D eigenvalue weighted by atomic mass is 9.84. The number of ether oxygens (including phenoxy) is 1. The van der Waals surface area contributed by atoms with E-state index in [-0.39, 0.29) is 16.9 Å². The maximum absolute atomic E-state index is 14.1. The molecular weight excluding hydrogens is 644 g/mol. The van der Waals surface area contributed by atoms with Crippen molar-refractivity contribution in [3.05, 3.63) is 131 Å². The zero-order chi connectivity index (χ0) is 28.6. The van der Waals surface area contributed by atoms with Gasteiger partial charge in [0.2, 0.25) is 0 Å². The van der Waals surface area contributed by atoms with Crippen molar-refractivity contribution in [1.29, 1.82) is 0 Å². The van der Waals surface area contributed by atoms with Gasteiger partial charge in [0.1, 0.15) is 5.75 Å². The van der Waals surface area contributed by atoms with Crippen LogP contribution in [-0.4, -0.2) is 37.2 Å². The maximum atomic E-state index is 14.1. The molecule has 2 heterocycles. The Morgan fingerprint density at radius 1 is 0.825 bits per heavy atom. The van der Waals surface area contributed by atoms with Crippen molar-refractivity contribution >= 4 is 37.8 Å². The molecule has 0 bridgehead atoms. The number of aromatic nitrogens is 4. The first-order chi connectivity index (χ1) is 19.2. The van der Waals surface area contributed by atoms with E-state index in [4.69, 9.17) is 4.74 Å². The first-order valence-corrected chi connectivity index (χ1v) is 13.8. The molecule has 0 amide bonds. The van der Waals surface area contributed by atoms with Gasteiger partial charge in [-0.05, 0) is 56.3 Å². The fourth-order valence-corrected chi connectivity index (χ4v) is 5.61. The molecule has 0 spiro atoms. The molecule has 11 heteroatoms. The quantitative estimate of drug-likeness (QED) is 0.204. The Kier molecular flexibility index (Phi) is 7.68. The molecule has 9 nitrogen and oxygen atoms in total. The number of halogens is 2. The number of H-pyrrole nitrogens is 2. The van der Waals surface area contributed by atoms with Gasteiger partial charge in [-0.25, -0.2) is 14.2 Å². The standard InChI is InChI=1S/C29H24Br2N4O5/c1-16-25(28(38)34(32-16)20-9-5-7-18(30)13-20)27(22-11-3-4-12-23(22)40-15-24(36)37)26-17(2)33-35(29(26)39)21-10-6-8-19(31)14-21/h3-14,27,32-33H,15H2,1-2H3,(H,36,37). The number of carboxylic acids is 1. The third-order valence-electron chi connectivity index (χ3n) is 6.53. The Labute approximate surface area is 245 Å². The van der Waals surface area contributed by atoms with Crippen LogP contribution in [0.3, 0.4) is 0 Å². The minimum atomic E-state index is -1.14. The molecule has 0 aliphatic rings. The fraction of sp³-hybridized carbons (Fsp3) is 0.138. The van der Waals surface area contributed by atoms with E-state index in [0.717, 1.165) is 8.95 Å². The van der Waals surface area contributed by atoms with E-state index in [0.29, 0.717) is 39.5 Å². The van der Waals surface area contributed by atoms with Crippen molar-refractivity contribution in [1.82, 2.24) is 19.6 Å². The third kappa shape index (κ3) is 5.22. The second kappa shape index (κ2) is 11.2. The molecule has 0 aliphatic carbocycles. The molecule has 5 aromatic rings. The zero-order valence-corrected chi connectivity index (χ0v) is 24.6. The van der Waals surface area contributed by atoms with Crippen molar-refractivity contribution in [3.63, 3.8) is 0 Å². The molecule has 2 aromatic heterocycles. The normalized spacial score (nSPS) is 11.2. The van der Waals surface area contributed by atoms with Crippen LogP contribution in [0.5, 0.6) is 5.75 Å². The molecule has 0 radical (unpaired) electrons. The number of para-hydroxylation sites is 1. The summed E-state index contributed by atoms with van der Waals surface area (Å²) in [4.78, 5) is 39.5. The largest absolute Gasteiger partial charge is 0.482 e. The van der Waals surface area contributed by atoms with Gasteiger partial charge in [0.05, 0.1) is 28.4 Å². The topological polar surface area (TPSA) is 122 Å². The zero-order valence-electron chi connectivity index (χ0n) is 21.4. The Balaban J connectivity index is 1.79. The van der Waals surface area contributed by atoms with Crippen LogP contribution >= 0.6 is 31.9 Å². The molecule has 0 aliphatic heterocycles. The van der Waals surface area contributed by atoms with E-state index in [2.05, 4.69) is 42.1 Å². The summed E-state index contributed by atoms with van der Waals surface area (Å²) in [5, 5.41) is 15.6. The van der Waals surface area contributed by atoms with E-state index >= 15 is 0 Å². The molecule has 5 rings (SSSR count). The maximum Gasteiger partial charge on any atom is 0.341 e.